The second-order valence-electron chi connectivity index (χ2n) is 7.52. The largest absolute Gasteiger partial charge is 0.487 e. The SMILES string of the molecule is C=CCN(c1ccc(C(F)(F)F)cc1OCc1ccc(C=CC(=O)O)cc1)S(=O)(=O)c1ccccc1. The molecular weight excluding hydrogens is 495 g/mol. The number of rotatable bonds is 10. The highest BCUT2D eigenvalue weighted by atomic mass is 32.2. The number of ether oxygens (including phenoxy) is 1. The molecule has 0 spiro atoms. The molecule has 0 aliphatic rings. The van der Waals surface area contributed by atoms with E-state index in [2.05, 4.69) is 6.58 Å². The standard InChI is InChI=1S/C26H22F3NO5S/c1-2-16-30(36(33,34)22-6-4-3-5-7-22)23-14-13-21(26(27,28)29)17-24(23)35-18-20-10-8-19(9-11-20)12-15-25(31)32/h2-15,17H,1,16,18H2,(H,31,32). The molecule has 0 amide bonds. The Hall–Kier alpha value is -4.05. The van der Waals surface area contributed by atoms with Crippen molar-refractivity contribution >= 4 is 27.8 Å². The second-order valence-corrected chi connectivity index (χ2v) is 9.38. The van der Waals surface area contributed by atoms with Gasteiger partial charge in [-0.1, -0.05) is 48.5 Å². The number of alkyl halides is 3. The van der Waals surface area contributed by atoms with Crippen LogP contribution < -0.4 is 9.04 Å². The van der Waals surface area contributed by atoms with Gasteiger partial charge in [-0.3, -0.25) is 4.31 Å². The molecule has 188 valence electrons. The van der Waals surface area contributed by atoms with Gasteiger partial charge >= 0.3 is 12.1 Å². The molecule has 6 nitrogen and oxygen atoms in total. The fraction of sp³-hybridized carbons (Fsp3) is 0.115. The van der Waals surface area contributed by atoms with Gasteiger partial charge in [-0.2, -0.15) is 13.2 Å². The van der Waals surface area contributed by atoms with Gasteiger partial charge in [-0.15, -0.1) is 6.58 Å². The zero-order valence-electron chi connectivity index (χ0n) is 18.9. The third kappa shape index (κ3) is 6.54. The Labute approximate surface area is 206 Å². The first-order valence-electron chi connectivity index (χ1n) is 10.5. The van der Waals surface area contributed by atoms with Crippen molar-refractivity contribution in [2.24, 2.45) is 0 Å². The molecule has 0 aromatic heterocycles. The van der Waals surface area contributed by atoms with Crippen LogP contribution in [0, 0.1) is 0 Å². The molecule has 36 heavy (non-hydrogen) atoms. The van der Waals surface area contributed by atoms with Gasteiger partial charge < -0.3 is 9.84 Å². The number of sulfonamides is 1. The van der Waals surface area contributed by atoms with Crippen molar-refractivity contribution in [2.45, 2.75) is 17.7 Å². The minimum atomic E-state index is -4.67. The number of hydrogen-bond donors (Lipinski definition) is 1. The van der Waals surface area contributed by atoms with Gasteiger partial charge in [0.25, 0.3) is 10.0 Å². The maximum Gasteiger partial charge on any atom is 0.416 e. The van der Waals surface area contributed by atoms with Crippen LogP contribution in [0.15, 0.2) is 96.4 Å². The van der Waals surface area contributed by atoms with Crippen LogP contribution in [0.2, 0.25) is 0 Å². The Morgan fingerprint density at radius 1 is 1.03 bits per heavy atom. The van der Waals surface area contributed by atoms with Gasteiger partial charge in [0, 0.05) is 6.08 Å². The van der Waals surface area contributed by atoms with Crippen molar-refractivity contribution in [1.29, 1.82) is 0 Å². The van der Waals surface area contributed by atoms with E-state index in [1.807, 2.05) is 0 Å². The zero-order valence-corrected chi connectivity index (χ0v) is 19.7. The lowest BCUT2D eigenvalue weighted by molar-refractivity contribution is -0.137. The van der Waals surface area contributed by atoms with Crippen LogP contribution in [-0.4, -0.2) is 26.0 Å². The Kier molecular flexibility index (Phi) is 8.21. The number of carbonyl (C=O) groups is 1. The molecule has 0 atom stereocenters. The van der Waals surface area contributed by atoms with E-state index in [0.29, 0.717) is 11.1 Å². The molecule has 1 N–H and O–H groups in total. The van der Waals surface area contributed by atoms with E-state index >= 15 is 0 Å². The molecule has 0 bridgehead atoms. The first kappa shape index (κ1) is 26.6. The fourth-order valence-corrected chi connectivity index (χ4v) is 4.70. The molecule has 10 heteroatoms. The number of hydrogen-bond acceptors (Lipinski definition) is 4. The summed E-state index contributed by atoms with van der Waals surface area (Å²) < 4.78 is 73.6. The Morgan fingerprint density at radius 3 is 2.28 bits per heavy atom. The summed E-state index contributed by atoms with van der Waals surface area (Å²) in [5.41, 5.74) is 0.109. The molecule has 0 saturated heterocycles. The Morgan fingerprint density at radius 2 is 1.69 bits per heavy atom. The van der Waals surface area contributed by atoms with Crippen LogP contribution in [0.5, 0.6) is 5.75 Å². The number of anilines is 1. The summed E-state index contributed by atoms with van der Waals surface area (Å²) >= 11 is 0. The summed E-state index contributed by atoms with van der Waals surface area (Å²) in [5, 5.41) is 8.72. The van der Waals surface area contributed by atoms with Crippen molar-refractivity contribution in [3.05, 3.63) is 108 Å². The summed E-state index contributed by atoms with van der Waals surface area (Å²) in [7, 11) is -4.14. The number of halogens is 3. The first-order valence-corrected chi connectivity index (χ1v) is 12.0. The van der Waals surface area contributed by atoms with Gasteiger partial charge in [0.2, 0.25) is 0 Å². The highest BCUT2D eigenvalue weighted by Gasteiger charge is 2.33. The molecule has 3 rings (SSSR count). The first-order chi connectivity index (χ1) is 17.0. The Balaban J connectivity index is 1.99. The minimum absolute atomic E-state index is 0.0392. The van der Waals surface area contributed by atoms with Crippen molar-refractivity contribution in [1.82, 2.24) is 0 Å². The van der Waals surface area contributed by atoms with E-state index in [1.165, 1.54) is 24.3 Å². The van der Waals surface area contributed by atoms with Gasteiger partial charge in [0.15, 0.2) is 0 Å². The van der Waals surface area contributed by atoms with Crippen molar-refractivity contribution < 1.29 is 36.2 Å². The topological polar surface area (TPSA) is 83.9 Å². The lowest BCUT2D eigenvalue weighted by Gasteiger charge is -2.26. The van der Waals surface area contributed by atoms with E-state index in [0.717, 1.165) is 28.6 Å². The second kappa shape index (κ2) is 11.1. The molecule has 0 aliphatic carbocycles. The van der Waals surface area contributed by atoms with E-state index in [9.17, 15) is 26.4 Å². The van der Waals surface area contributed by atoms with Gasteiger partial charge in [-0.25, -0.2) is 13.2 Å². The highest BCUT2D eigenvalue weighted by Crippen LogP contribution is 2.39. The number of aliphatic carboxylic acids is 1. The van der Waals surface area contributed by atoms with Crippen LogP contribution in [0.4, 0.5) is 18.9 Å². The fourth-order valence-electron chi connectivity index (χ4n) is 3.23. The number of benzene rings is 3. The van der Waals surface area contributed by atoms with E-state index in [-0.39, 0.29) is 29.5 Å². The summed E-state index contributed by atoms with van der Waals surface area (Å²) in [6.45, 7) is 3.21. The summed E-state index contributed by atoms with van der Waals surface area (Å²) in [6, 6.07) is 16.6. The lowest BCUT2D eigenvalue weighted by atomic mass is 10.1. The van der Waals surface area contributed by atoms with Crippen LogP contribution in [0.1, 0.15) is 16.7 Å². The van der Waals surface area contributed by atoms with Gasteiger partial charge in [-0.05, 0) is 47.5 Å². The van der Waals surface area contributed by atoms with Crippen molar-refractivity contribution in [3.8, 4) is 5.75 Å². The summed E-state index contributed by atoms with van der Waals surface area (Å²) in [6.07, 6.45) is -0.983. The van der Waals surface area contributed by atoms with Crippen molar-refractivity contribution in [3.63, 3.8) is 0 Å². The number of carboxylic acids is 1. The van der Waals surface area contributed by atoms with E-state index < -0.39 is 27.7 Å². The smallest absolute Gasteiger partial charge is 0.416 e. The normalized spacial score (nSPS) is 11.9. The van der Waals surface area contributed by atoms with Gasteiger partial charge in [0.1, 0.15) is 12.4 Å². The number of carboxylic acid groups (broad SMARTS) is 1. The predicted octanol–water partition coefficient (Wildman–Crippen LogP) is 5.76. The predicted molar refractivity (Wildman–Crippen MR) is 130 cm³/mol. The van der Waals surface area contributed by atoms with Crippen LogP contribution in [-0.2, 0) is 27.6 Å². The molecule has 0 heterocycles. The molecular formula is C26H22F3NO5S. The quantitative estimate of drug-likeness (QED) is 0.273. The maximum atomic E-state index is 13.4. The average Bonchev–Trinajstić information content (AvgIpc) is 2.85. The Bertz CT molecular complexity index is 1350. The van der Waals surface area contributed by atoms with Crippen molar-refractivity contribution in [2.75, 3.05) is 10.8 Å². The summed E-state index contributed by atoms with van der Waals surface area (Å²) in [4.78, 5) is 10.6. The lowest BCUT2D eigenvalue weighted by Crippen LogP contribution is -2.31. The van der Waals surface area contributed by atoms with Crippen LogP contribution >= 0.6 is 0 Å². The highest BCUT2D eigenvalue weighted by molar-refractivity contribution is 7.92. The molecule has 3 aromatic rings. The molecule has 0 aliphatic heterocycles. The molecule has 0 unspecified atom stereocenters. The van der Waals surface area contributed by atoms with E-state index in [4.69, 9.17) is 9.84 Å². The monoisotopic (exact) mass is 517 g/mol. The number of nitrogens with zero attached hydrogens (tertiary/aromatic N) is 1. The van der Waals surface area contributed by atoms with E-state index in [1.54, 1.807) is 42.5 Å². The molecule has 0 saturated carbocycles. The maximum absolute atomic E-state index is 13.4. The third-order valence-electron chi connectivity index (χ3n) is 4.97. The summed E-state index contributed by atoms with van der Waals surface area (Å²) in [5.74, 6) is -1.38. The van der Waals surface area contributed by atoms with Crippen LogP contribution in [0.3, 0.4) is 0 Å². The molecule has 0 radical (unpaired) electrons. The zero-order chi connectivity index (χ0) is 26.3. The minimum Gasteiger partial charge on any atom is -0.487 e. The average molecular weight is 518 g/mol. The third-order valence-corrected chi connectivity index (χ3v) is 6.77. The van der Waals surface area contributed by atoms with Crippen LogP contribution in [0.25, 0.3) is 6.08 Å². The molecule has 0 fully saturated rings. The molecule has 3 aromatic carbocycles. The van der Waals surface area contributed by atoms with Gasteiger partial charge in [0.05, 0.1) is 22.7 Å².